The largest absolute Gasteiger partial charge is 0.351 e. The van der Waals surface area contributed by atoms with Crippen molar-refractivity contribution < 1.29 is 4.79 Å². The predicted octanol–water partition coefficient (Wildman–Crippen LogP) is 1.96. The van der Waals surface area contributed by atoms with E-state index in [0.29, 0.717) is 18.0 Å². The van der Waals surface area contributed by atoms with Gasteiger partial charge in [-0.3, -0.25) is 4.79 Å². The van der Waals surface area contributed by atoms with Crippen molar-refractivity contribution in [2.45, 2.75) is 6.92 Å². The van der Waals surface area contributed by atoms with Crippen LogP contribution in [0, 0.1) is 6.92 Å². The van der Waals surface area contributed by atoms with Crippen LogP contribution in [0.25, 0.3) is 0 Å². The smallest absolute Gasteiger partial charge is 0.251 e. The minimum Gasteiger partial charge on any atom is -0.351 e. The maximum atomic E-state index is 11.3. The molecule has 0 aliphatic heterocycles. The third-order valence-electron chi connectivity index (χ3n) is 1.69. The molecule has 0 aliphatic carbocycles. The molecule has 0 spiro atoms. The van der Waals surface area contributed by atoms with Crippen LogP contribution in [0.3, 0.4) is 0 Å². The molecule has 0 heterocycles. The number of carbonyl (C=O) groups is 1. The van der Waals surface area contributed by atoms with Gasteiger partial charge in [-0.1, -0.05) is 17.7 Å². The summed E-state index contributed by atoms with van der Waals surface area (Å²) in [6.07, 6.45) is 0. The first-order chi connectivity index (χ1) is 6.24. The van der Waals surface area contributed by atoms with Crippen LogP contribution < -0.4 is 5.32 Å². The van der Waals surface area contributed by atoms with E-state index in [1.807, 2.05) is 19.1 Å². The highest BCUT2D eigenvalue weighted by atomic mass is 35.5. The Morgan fingerprint density at radius 3 is 2.54 bits per heavy atom. The van der Waals surface area contributed by atoms with E-state index >= 15 is 0 Å². The second kappa shape index (κ2) is 4.87. The standard InChI is InChI=1S/C10H12ClNO/c1-8-2-4-9(5-3-8)10(13)12-7-6-11/h2-5H,6-7H2,1H3,(H,12,13). The van der Waals surface area contributed by atoms with Crippen LogP contribution in [0.5, 0.6) is 0 Å². The number of alkyl halides is 1. The van der Waals surface area contributed by atoms with Crippen LogP contribution >= 0.6 is 11.6 Å². The van der Waals surface area contributed by atoms with Crippen LogP contribution in [0.1, 0.15) is 15.9 Å². The molecule has 0 saturated heterocycles. The highest BCUT2D eigenvalue weighted by Gasteiger charge is 2.02. The summed E-state index contributed by atoms with van der Waals surface area (Å²) in [5.41, 5.74) is 1.82. The third kappa shape index (κ3) is 3.07. The van der Waals surface area contributed by atoms with E-state index in [2.05, 4.69) is 5.32 Å². The van der Waals surface area contributed by atoms with Crippen molar-refractivity contribution in [3.05, 3.63) is 35.4 Å². The van der Waals surface area contributed by atoms with Gasteiger partial charge in [0, 0.05) is 18.0 Å². The SMILES string of the molecule is Cc1ccc(C(=O)NCCCl)cc1. The maximum Gasteiger partial charge on any atom is 0.251 e. The van der Waals surface area contributed by atoms with Gasteiger partial charge in [0.1, 0.15) is 0 Å². The summed E-state index contributed by atoms with van der Waals surface area (Å²) < 4.78 is 0. The number of hydrogen-bond acceptors (Lipinski definition) is 1. The molecule has 1 amide bonds. The Kier molecular flexibility index (Phi) is 3.77. The van der Waals surface area contributed by atoms with Gasteiger partial charge in [0.05, 0.1) is 0 Å². The molecule has 0 atom stereocenters. The quantitative estimate of drug-likeness (QED) is 0.738. The minimum absolute atomic E-state index is 0.0688. The van der Waals surface area contributed by atoms with Crippen molar-refractivity contribution in [3.63, 3.8) is 0 Å². The summed E-state index contributed by atoms with van der Waals surface area (Å²) in [7, 11) is 0. The average molecular weight is 198 g/mol. The van der Waals surface area contributed by atoms with Gasteiger partial charge in [-0.05, 0) is 19.1 Å². The summed E-state index contributed by atoms with van der Waals surface area (Å²) in [5.74, 6) is 0.373. The molecule has 1 N–H and O–H groups in total. The Morgan fingerprint density at radius 1 is 1.38 bits per heavy atom. The Balaban J connectivity index is 2.61. The van der Waals surface area contributed by atoms with Crippen molar-refractivity contribution in [3.8, 4) is 0 Å². The Labute approximate surface area is 82.9 Å². The number of amides is 1. The maximum absolute atomic E-state index is 11.3. The summed E-state index contributed by atoms with van der Waals surface area (Å²) in [4.78, 5) is 11.3. The van der Waals surface area contributed by atoms with E-state index in [-0.39, 0.29) is 5.91 Å². The van der Waals surface area contributed by atoms with Gasteiger partial charge in [0.2, 0.25) is 0 Å². The normalized spacial score (nSPS) is 9.69. The van der Waals surface area contributed by atoms with Crippen molar-refractivity contribution in [1.82, 2.24) is 5.32 Å². The van der Waals surface area contributed by atoms with E-state index in [9.17, 15) is 4.79 Å². The first-order valence-electron chi connectivity index (χ1n) is 4.15. The van der Waals surface area contributed by atoms with Crippen molar-refractivity contribution in [2.24, 2.45) is 0 Å². The van der Waals surface area contributed by atoms with Gasteiger partial charge < -0.3 is 5.32 Å². The van der Waals surface area contributed by atoms with Gasteiger partial charge >= 0.3 is 0 Å². The molecule has 0 radical (unpaired) electrons. The van der Waals surface area contributed by atoms with E-state index in [1.165, 1.54) is 0 Å². The fourth-order valence-electron chi connectivity index (χ4n) is 0.968. The molecule has 13 heavy (non-hydrogen) atoms. The van der Waals surface area contributed by atoms with Crippen molar-refractivity contribution >= 4 is 17.5 Å². The Bertz CT molecular complexity index is 281. The lowest BCUT2D eigenvalue weighted by Gasteiger charge is -2.02. The molecule has 0 bridgehead atoms. The molecule has 0 unspecified atom stereocenters. The molecule has 2 nitrogen and oxygen atoms in total. The molecule has 70 valence electrons. The number of aryl methyl sites for hydroxylation is 1. The summed E-state index contributed by atoms with van der Waals surface area (Å²) >= 11 is 5.44. The van der Waals surface area contributed by atoms with Gasteiger partial charge in [-0.15, -0.1) is 11.6 Å². The van der Waals surface area contributed by atoms with Gasteiger partial charge in [0.15, 0.2) is 0 Å². The number of benzene rings is 1. The third-order valence-corrected chi connectivity index (χ3v) is 1.88. The molecule has 1 aromatic rings. The summed E-state index contributed by atoms with van der Waals surface area (Å²) in [5, 5.41) is 2.70. The van der Waals surface area contributed by atoms with Crippen LogP contribution in [-0.2, 0) is 0 Å². The van der Waals surface area contributed by atoms with E-state index in [0.717, 1.165) is 5.56 Å². The summed E-state index contributed by atoms with van der Waals surface area (Å²) in [6.45, 7) is 2.49. The lowest BCUT2D eigenvalue weighted by Crippen LogP contribution is -2.25. The second-order valence-electron chi connectivity index (χ2n) is 2.81. The Morgan fingerprint density at radius 2 is 2.00 bits per heavy atom. The highest BCUT2D eigenvalue weighted by Crippen LogP contribution is 2.02. The number of rotatable bonds is 3. The van der Waals surface area contributed by atoms with Gasteiger partial charge in [-0.25, -0.2) is 0 Å². The zero-order valence-electron chi connectivity index (χ0n) is 7.51. The van der Waals surface area contributed by atoms with Gasteiger partial charge in [0.25, 0.3) is 5.91 Å². The van der Waals surface area contributed by atoms with E-state index in [1.54, 1.807) is 12.1 Å². The minimum atomic E-state index is -0.0688. The number of carbonyl (C=O) groups excluding carboxylic acids is 1. The number of hydrogen-bond donors (Lipinski definition) is 1. The van der Waals surface area contributed by atoms with Crippen LogP contribution in [-0.4, -0.2) is 18.3 Å². The molecule has 0 aromatic heterocycles. The first-order valence-corrected chi connectivity index (χ1v) is 4.68. The molecule has 0 saturated carbocycles. The van der Waals surface area contributed by atoms with Crippen molar-refractivity contribution in [2.75, 3.05) is 12.4 Å². The lowest BCUT2D eigenvalue weighted by atomic mass is 10.1. The molecular formula is C10H12ClNO. The van der Waals surface area contributed by atoms with E-state index in [4.69, 9.17) is 11.6 Å². The Hall–Kier alpha value is -1.02. The highest BCUT2D eigenvalue weighted by molar-refractivity contribution is 6.18. The second-order valence-corrected chi connectivity index (χ2v) is 3.19. The molecule has 0 aliphatic rings. The first kappa shape index (κ1) is 10.1. The number of nitrogens with one attached hydrogen (secondary N) is 1. The molecule has 0 fully saturated rings. The topological polar surface area (TPSA) is 29.1 Å². The van der Waals surface area contributed by atoms with Crippen LogP contribution in [0.15, 0.2) is 24.3 Å². The molecule has 1 rings (SSSR count). The molecule has 3 heteroatoms. The van der Waals surface area contributed by atoms with Crippen LogP contribution in [0.2, 0.25) is 0 Å². The average Bonchev–Trinajstić information content (AvgIpc) is 2.15. The fraction of sp³-hybridized carbons (Fsp3) is 0.300. The fourth-order valence-corrected chi connectivity index (χ4v) is 1.06. The van der Waals surface area contributed by atoms with Gasteiger partial charge in [-0.2, -0.15) is 0 Å². The zero-order valence-corrected chi connectivity index (χ0v) is 8.27. The monoisotopic (exact) mass is 197 g/mol. The lowest BCUT2D eigenvalue weighted by molar-refractivity contribution is 0.0956. The summed E-state index contributed by atoms with van der Waals surface area (Å²) in [6, 6.07) is 7.43. The number of halogens is 1. The van der Waals surface area contributed by atoms with E-state index < -0.39 is 0 Å². The van der Waals surface area contributed by atoms with Crippen molar-refractivity contribution in [1.29, 1.82) is 0 Å². The zero-order chi connectivity index (χ0) is 9.68. The molecular weight excluding hydrogens is 186 g/mol. The van der Waals surface area contributed by atoms with Crippen LogP contribution in [0.4, 0.5) is 0 Å². The predicted molar refractivity (Wildman–Crippen MR) is 54.2 cm³/mol. The molecule has 1 aromatic carbocycles.